The highest BCUT2D eigenvalue weighted by Crippen LogP contribution is 2.29. The van der Waals surface area contributed by atoms with Crippen LogP contribution in [0.25, 0.3) is 0 Å². The van der Waals surface area contributed by atoms with E-state index in [1.807, 2.05) is 13.0 Å². The summed E-state index contributed by atoms with van der Waals surface area (Å²) in [6.07, 6.45) is 3.89. The van der Waals surface area contributed by atoms with Gasteiger partial charge in [0, 0.05) is 6.04 Å². The molecule has 0 radical (unpaired) electrons. The summed E-state index contributed by atoms with van der Waals surface area (Å²) < 4.78 is 5.58. The van der Waals surface area contributed by atoms with Crippen molar-refractivity contribution in [2.24, 2.45) is 0 Å². The Morgan fingerprint density at radius 1 is 1.33 bits per heavy atom. The van der Waals surface area contributed by atoms with Gasteiger partial charge in [0.2, 0.25) is 0 Å². The molecule has 1 N–H and O–H groups in total. The van der Waals surface area contributed by atoms with Crippen LogP contribution in [0.1, 0.15) is 45.6 Å². The smallest absolute Gasteiger partial charge is 0.119 e. The summed E-state index contributed by atoms with van der Waals surface area (Å²) in [5.74, 6) is 0.984. The molecule has 1 aromatic rings. The van der Waals surface area contributed by atoms with Crippen LogP contribution in [0.4, 0.5) is 0 Å². The molecule has 1 aromatic carbocycles. The molecule has 0 amide bonds. The molecular formula is C16H25NO. The van der Waals surface area contributed by atoms with Crippen molar-refractivity contribution in [3.63, 3.8) is 0 Å². The fraction of sp³-hybridized carbons (Fsp3) is 0.625. The number of ether oxygens (including phenoxy) is 1. The average Bonchev–Trinajstić information content (AvgIpc) is 3.14. The molecule has 2 nitrogen and oxygen atoms in total. The second-order valence-electron chi connectivity index (χ2n) is 5.82. The van der Waals surface area contributed by atoms with E-state index in [1.54, 1.807) is 0 Å². The molecule has 0 aliphatic heterocycles. The van der Waals surface area contributed by atoms with Crippen molar-refractivity contribution >= 4 is 0 Å². The standard InChI is InChI=1S/C16H25NO/c1-4-18-15-7-5-6-13(12-15)16(2,3)10-11-17-14-8-9-14/h5-7,12,14,17H,4,8-11H2,1-3H3. The first-order chi connectivity index (χ1) is 8.62. The summed E-state index contributed by atoms with van der Waals surface area (Å²) in [4.78, 5) is 0. The molecule has 0 atom stereocenters. The van der Waals surface area contributed by atoms with Crippen molar-refractivity contribution in [3.8, 4) is 5.75 Å². The van der Waals surface area contributed by atoms with Crippen LogP contribution in [0.3, 0.4) is 0 Å². The van der Waals surface area contributed by atoms with Gasteiger partial charge in [-0.2, -0.15) is 0 Å². The molecule has 1 aliphatic rings. The lowest BCUT2D eigenvalue weighted by Gasteiger charge is -2.26. The quantitative estimate of drug-likeness (QED) is 0.796. The van der Waals surface area contributed by atoms with Crippen LogP contribution < -0.4 is 10.1 Å². The third-order valence-electron chi connectivity index (χ3n) is 3.69. The molecule has 0 aromatic heterocycles. The number of hydrogen-bond donors (Lipinski definition) is 1. The van der Waals surface area contributed by atoms with E-state index in [1.165, 1.54) is 24.8 Å². The largest absolute Gasteiger partial charge is 0.494 e. The van der Waals surface area contributed by atoms with Gasteiger partial charge >= 0.3 is 0 Å². The van der Waals surface area contributed by atoms with E-state index >= 15 is 0 Å². The van der Waals surface area contributed by atoms with Gasteiger partial charge in [-0.3, -0.25) is 0 Å². The van der Waals surface area contributed by atoms with E-state index in [2.05, 4.69) is 37.4 Å². The first-order valence-corrected chi connectivity index (χ1v) is 7.08. The van der Waals surface area contributed by atoms with Crippen molar-refractivity contribution in [3.05, 3.63) is 29.8 Å². The highest BCUT2D eigenvalue weighted by atomic mass is 16.5. The van der Waals surface area contributed by atoms with Crippen LogP contribution in [0, 0.1) is 0 Å². The first-order valence-electron chi connectivity index (χ1n) is 7.08. The molecule has 0 bridgehead atoms. The maximum atomic E-state index is 5.58. The van der Waals surface area contributed by atoms with Gasteiger partial charge in [-0.25, -0.2) is 0 Å². The summed E-state index contributed by atoms with van der Waals surface area (Å²) >= 11 is 0. The lowest BCUT2D eigenvalue weighted by molar-refractivity contribution is 0.338. The van der Waals surface area contributed by atoms with Crippen LogP contribution in [-0.2, 0) is 5.41 Å². The maximum Gasteiger partial charge on any atom is 0.119 e. The highest BCUT2D eigenvalue weighted by Gasteiger charge is 2.24. The Morgan fingerprint density at radius 3 is 2.78 bits per heavy atom. The topological polar surface area (TPSA) is 21.3 Å². The average molecular weight is 247 g/mol. The zero-order valence-electron chi connectivity index (χ0n) is 11.8. The van der Waals surface area contributed by atoms with Crippen molar-refractivity contribution in [2.75, 3.05) is 13.2 Å². The molecule has 0 saturated heterocycles. The molecular weight excluding hydrogens is 222 g/mol. The van der Waals surface area contributed by atoms with Crippen LogP contribution in [0.5, 0.6) is 5.75 Å². The number of nitrogens with one attached hydrogen (secondary N) is 1. The predicted molar refractivity (Wildman–Crippen MR) is 76.3 cm³/mol. The number of benzene rings is 1. The Bertz CT molecular complexity index is 382. The van der Waals surface area contributed by atoms with Crippen LogP contribution in [-0.4, -0.2) is 19.2 Å². The van der Waals surface area contributed by atoms with Gasteiger partial charge in [-0.05, 0) is 55.8 Å². The second kappa shape index (κ2) is 5.75. The highest BCUT2D eigenvalue weighted by molar-refractivity contribution is 5.33. The molecule has 0 unspecified atom stereocenters. The van der Waals surface area contributed by atoms with Crippen molar-refractivity contribution < 1.29 is 4.74 Å². The van der Waals surface area contributed by atoms with Gasteiger partial charge in [0.25, 0.3) is 0 Å². The second-order valence-corrected chi connectivity index (χ2v) is 5.82. The Balaban J connectivity index is 1.95. The summed E-state index contributed by atoms with van der Waals surface area (Å²) in [5.41, 5.74) is 1.57. The molecule has 18 heavy (non-hydrogen) atoms. The fourth-order valence-corrected chi connectivity index (χ4v) is 2.19. The lowest BCUT2D eigenvalue weighted by Crippen LogP contribution is -2.26. The minimum absolute atomic E-state index is 0.203. The molecule has 1 aliphatic carbocycles. The van der Waals surface area contributed by atoms with Crippen molar-refractivity contribution in [1.82, 2.24) is 5.32 Å². The summed E-state index contributed by atoms with van der Waals surface area (Å²) in [5, 5.41) is 3.59. The first kappa shape index (κ1) is 13.4. The zero-order valence-corrected chi connectivity index (χ0v) is 11.8. The minimum atomic E-state index is 0.203. The van der Waals surface area contributed by atoms with Crippen LogP contribution in [0.2, 0.25) is 0 Å². The normalized spacial score (nSPS) is 15.7. The Labute approximate surface area is 111 Å². The Hall–Kier alpha value is -1.02. The summed E-state index contributed by atoms with van der Waals surface area (Å²) in [7, 11) is 0. The van der Waals surface area contributed by atoms with E-state index < -0.39 is 0 Å². The number of hydrogen-bond acceptors (Lipinski definition) is 2. The van der Waals surface area contributed by atoms with Gasteiger partial charge in [0.15, 0.2) is 0 Å². The third-order valence-corrected chi connectivity index (χ3v) is 3.69. The molecule has 1 saturated carbocycles. The third kappa shape index (κ3) is 3.74. The molecule has 2 rings (SSSR count). The van der Waals surface area contributed by atoms with Gasteiger partial charge in [-0.15, -0.1) is 0 Å². The van der Waals surface area contributed by atoms with Crippen LogP contribution >= 0.6 is 0 Å². The molecule has 0 spiro atoms. The fourth-order valence-electron chi connectivity index (χ4n) is 2.19. The molecule has 2 heteroatoms. The van der Waals surface area contributed by atoms with Crippen molar-refractivity contribution in [1.29, 1.82) is 0 Å². The van der Waals surface area contributed by atoms with Gasteiger partial charge in [-0.1, -0.05) is 26.0 Å². The van der Waals surface area contributed by atoms with E-state index in [4.69, 9.17) is 4.74 Å². The van der Waals surface area contributed by atoms with E-state index in [-0.39, 0.29) is 5.41 Å². The molecule has 100 valence electrons. The van der Waals surface area contributed by atoms with Crippen LogP contribution in [0.15, 0.2) is 24.3 Å². The number of rotatable bonds is 7. The minimum Gasteiger partial charge on any atom is -0.494 e. The molecule has 0 heterocycles. The van der Waals surface area contributed by atoms with E-state index in [0.717, 1.165) is 24.9 Å². The SMILES string of the molecule is CCOc1cccc(C(C)(C)CCNC2CC2)c1. The van der Waals surface area contributed by atoms with E-state index in [0.29, 0.717) is 0 Å². The Kier molecular flexibility index (Phi) is 4.28. The monoisotopic (exact) mass is 247 g/mol. The lowest BCUT2D eigenvalue weighted by atomic mass is 9.81. The van der Waals surface area contributed by atoms with Crippen molar-refractivity contribution in [2.45, 2.75) is 51.5 Å². The summed E-state index contributed by atoms with van der Waals surface area (Å²) in [6, 6.07) is 9.32. The van der Waals surface area contributed by atoms with Gasteiger partial charge in [0.05, 0.1) is 6.61 Å². The Morgan fingerprint density at radius 2 is 2.11 bits per heavy atom. The molecule has 1 fully saturated rings. The zero-order chi connectivity index (χ0) is 13.0. The van der Waals surface area contributed by atoms with Gasteiger partial charge < -0.3 is 10.1 Å². The van der Waals surface area contributed by atoms with Gasteiger partial charge in [0.1, 0.15) is 5.75 Å². The predicted octanol–water partition coefficient (Wildman–Crippen LogP) is 3.51. The maximum absolute atomic E-state index is 5.58. The van der Waals surface area contributed by atoms with E-state index in [9.17, 15) is 0 Å². The summed E-state index contributed by atoms with van der Waals surface area (Å²) in [6.45, 7) is 8.49.